The third kappa shape index (κ3) is 6.29. The Kier molecular flexibility index (Phi) is 8.36. The number of aryl methyl sites for hydroxylation is 2. The van der Waals surface area contributed by atoms with Gasteiger partial charge in [-0.2, -0.15) is 5.10 Å². The fourth-order valence-corrected chi connectivity index (χ4v) is 3.32. The van der Waals surface area contributed by atoms with Crippen molar-refractivity contribution in [2.24, 2.45) is 12.0 Å². The molecule has 0 aliphatic rings. The molecule has 0 spiro atoms. The van der Waals surface area contributed by atoms with Gasteiger partial charge in [0.25, 0.3) is 0 Å². The first-order chi connectivity index (χ1) is 13.4. The van der Waals surface area contributed by atoms with E-state index in [9.17, 15) is 0 Å². The Balaban J connectivity index is 1.77. The van der Waals surface area contributed by atoms with Crippen LogP contribution in [0.3, 0.4) is 0 Å². The van der Waals surface area contributed by atoms with E-state index in [1.165, 1.54) is 11.1 Å². The van der Waals surface area contributed by atoms with E-state index in [4.69, 9.17) is 4.74 Å². The highest BCUT2D eigenvalue weighted by atomic mass is 16.5. The summed E-state index contributed by atoms with van der Waals surface area (Å²) in [5, 5.41) is 8.07. The largest absolute Gasteiger partial charge is 0.497 e. The Bertz CT molecular complexity index is 749. The van der Waals surface area contributed by atoms with Crippen molar-refractivity contribution in [3.63, 3.8) is 0 Å². The standard InChI is InChI=1S/C22H35N5O/c1-17(2)21-19(16-27(5)25-21)15-26(4)22(23-3)24-14-8-7-9-18-10-12-20(28-6)13-11-18/h10-13,16-17H,7-9,14-15H2,1-6H3,(H,23,24). The molecule has 28 heavy (non-hydrogen) atoms. The second kappa shape index (κ2) is 10.7. The van der Waals surface area contributed by atoms with Crippen molar-refractivity contribution in [2.45, 2.75) is 45.6 Å². The lowest BCUT2D eigenvalue weighted by Gasteiger charge is -2.22. The average molecular weight is 386 g/mol. The number of ether oxygens (including phenoxy) is 1. The summed E-state index contributed by atoms with van der Waals surface area (Å²) in [4.78, 5) is 6.59. The number of rotatable bonds is 9. The fourth-order valence-electron chi connectivity index (χ4n) is 3.32. The van der Waals surface area contributed by atoms with Crippen LogP contribution >= 0.6 is 0 Å². The Morgan fingerprint density at radius 3 is 2.57 bits per heavy atom. The number of guanidine groups is 1. The Morgan fingerprint density at radius 2 is 1.96 bits per heavy atom. The van der Waals surface area contributed by atoms with Crippen LogP contribution in [0.2, 0.25) is 0 Å². The highest BCUT2D eigenvalue weighted by Crippen LogP contribution is 2.18. The van der Waals surface area contributed by atoms with Crippen molar-refractivity contribution in [3.8, 4) is 5.75 Å². The zero-order valence-electron chi connectivity index (χ0n) is 18.2. The molecule has 0 aliphatic heterocycles. The van der Waals surface area contributed by atoms with E-state index in [2.05, 4.69) is 59.5 Å². The van der Waals surface area contributed by atoms with Crippen molar-refractivity contribution < 1.29 is 4.74 Å². The van der Waals surface area contributed by atoms with E-state index in [1.54, 1.807) is 7.11 Å². The van der Waals surface area contributed by atoms with Crippen molar-refractivity contribution in [3.05, 3.63) is 47.3 Å². The molecule has 6 nitrogen and oxygen atoms in total. The van der Waals surface area contributed by atoms with E-state index < -0.39 is 0 Å². The monoisotopic (exact) mass is 385 g/mol. The molecular weight excluding hydrogens is 350 g/mol. The number of hydrogen-bond acceptors (Lipinski definition) is 3. The van der Waals surface area contributed by atoms with Gasteiger partial charge in [-0.05, 0) is 42.9 Å². The van der Waals surface area contributed by atoms with Crippen LogP contribution in [-0.2, 0) is 20.0 Å². The topological polar surface area (TPSA) is 54.7 Å². The van der Waals surface area contributed by atoms with Crippen LogP contribution in [0.4, 0.5) is 0 Å². The zero-order valence-corrected chi connectivity index (χ0v) is 18.2. The summed E-state index contributed by atoms with van der Waals surface area (Å²) < 4.78 is 7.10. The molecule has 0 bridgehead atoms. The Morgan fingerprint density at radius 1 is 1.25 bits per heavy atom. The number of nitrogens with zero attached hydrogens (tertiary/aromatic N) is 4. The second-order valence-corrected chi connectivity index (χ2v) is 7.50. The summed E-state index contributed by atoms with van der Waals surface area (Å²) in [6, 6.07) is 8.32. The van der Waals surface area contributed by atoms with E-state index in [-0.39, 0.29) is 0 Å². The van der Waals surface area contributed by atoms with Gasteiger partial charge in [0.15, 0.2) is 5.96 Å². The molecule has 2 aromatic rings. The first-order valence-corrected chi connectivity index (χ1v) is 10.0. The molecular formula is C22H35N5O. The maximum Gasteiger partial charge on any atom is 0.193 e. The van der Waals surface area contributed by atoms with Gasteiger partial charge >= 0.3 is 0 Å². The van der Waals surface area contributed by atoms with Gasteiger partial charge in [-0.3, -0.25) is 9.67 Å². The number of aliphatic imine (C=N–C) groups is 1. The van der Waals surface area contributed by atoms with Gasteiger partial charge in [-0.25, -0.2) is 0 Å². The molecule has 1 N–H and O–H groups in total. The lowest BCUT2D eigenvalue weighted by Crippen LogP contribution is -2.39. The molecule has 6 heteroatoms. The minimum atomic E-state index is 0.414. The number of methoxy groups -OCH3 is 1. The quantitative estimate of drug-likeness (QED) is 0.407. The third-order valence-corrected chi connectivity index (χ3v) is 4.80. The molecule has 0 amide bonds. The predicted octanol–water partition coefficient (Wildman–Crippen LogP) is 3.58. The highest BCUT2D eigenvalue weighted by Gasteiger charge is 2.14. The summed E-state index contributed by atoms with van der Waals surface area (Å²) in [5.74, 6) is 2.24. The summed E-state index contributed by atoms with van der Waals surface area (Å²) in [6.45, 7) is 6.08. The summed E-state index contributed by atoms with van der Waals surface area (Å²) in [7, 11) is 7.58. The van der Waals surface area contributed by atoms with Gasteiger partial charge in [-0.15, -0.1) is 0 Å². The SMILES string of the molecule is CN=C(NCCCCc1ccc(OC)cc1)N(C)Cc1cn(C)nc1C(C)C. The van der Waals surface area contributed by atoms with Gasteiger partial charge in [-0.1, -0.05) is 26.0 Å². The normalized spacial score (nSPS) is 11.8. The van der Waals surface area contributed by atoms with Gasteiger partial charge < -0.3 is 15.0 Å². The Labute approximate surface area is 169 Å². The van der Waals surface area contributed by atoms with Crippen molar-refractivity contribution in [2.75, 3.05) is 27.7 Å². The summed E-state index contributed by atoms with van der Waals surface area (Å²) in [6.07, 6.45) is 5.42. The minimum Gasteiger partial charge on any atom is -0.497 e. The predicted molar refractivity (Wildman–Crippen MR) is 116 cm³/mol. The molecule has 0 radical (unpaired) electrons. The molecule has 0 unspecified atom stereocenters. The van der Waals surface area contributed by atoms with Gasteiger partial charge in [0.05, 0.1) is 12.8 Å². The van der Waals surface area contributed by atoms with Crippen LogP contribution < -0.4 is 10.1 Å². The molecule has 0 aliphatic carbocycles. The molecule has 0 saturated heterocycles. The van der Waals surface area contributed by atoms with Crippen LogP contribution in [0.25, 0.3) is 0 Å². The maximum atomic E-state index is 5.20. The van der Waals surface area contributed by atoms with E-state index in [1.807, 2.05) is 30.9 Å². The van der Waals surface area contributed by atoms with Gasteiger partial charge in [0, 0.05) is 46.0 Å². The molecule has 0 saturated carbocycles. The van der Waals surface area contributed by atoms with E-state index in [0.717, 1.165) is 49.8 Å². The van der Waals surface area contributed by atoms with Crippen molar-refractivity contribution in [1.82, 2.24) is 20.0 Å². The third-order valence-electron chi connectivity index (χ3n) is 4.80. The van der Waals surface area contributed by atoms with Crippen LogP contribution in [-0.4, -0.2) is 48.4 Å². The molecule has 154 valence electrons. The van der Waals surface area contributed by atoms with Gasteiger partial charge in [0.1, 0.15) is 5.75 Å². The number of benzene rings is 1. The van der Waals surface area contributed by atoms with Crippen LogP contribution in [0.1, 0.15) is 49.4 Å². The molecule has 0 fully saturated rings. The van der Waals surface area contributed by atoms with Crippen LogP contribution in [0, 0.1) is 0 Å². The van der Waals surface area contributed by atoms with Crippen LogP contribution in [0.15, 0.2) is 35.5 Å². The zero-order chi connectivity index (χ0) is 20.5. The van der Waals surface area contributed by atoms with E-state index >= 15 is 0 Å². The molecule has 2 rings (SSSR count). The Hall–Kier alpha value is -2.50. The second-order valence-electron chi connectivity index (χ2n) is 7.50. The molecule has 1 aromatic heterocycles. The lowest BCUT2D eigenvalue weighted by molar-refractivity contribution is 0.414. The number of nitrogens with one attached hydrogen (secondary N) is 1. The molecule has 0 atom stereocenters. The van der Waals surface area contributed by atoms with Crippen LogP contribution in [0.5, 0.6) is 5.75 Å². The molecule has 1 heterocycles. The number of hydrogen-bond donors (Lipinski definition) is 1. The van der Waals surface area contributed by atoms with Gasteiger partial charge in [0.2, 0.25) is 0 Å². The smallest absolute Gasteiger partial charge is 0.193 e. The van der Waals surface area contributed by atoms with E-state index in [0.29, 0.717) is 5.92 Å². The fraction of sp³-hybridized carbons (Fsp3) is 0.545. The minimum absolute atomic E-state index is 0.414. The summed E-state index contributed by atoms with van der Waals surface area (Å²) >= 11 is 0. The maximum absolute atomic E-state index is 5.20. The first kappa shape index (κ1) is 21.8. The highest BCUT2D eigenvalue weighted by molar-refractivity contribution is 5.79. The lowest BCUT2D eigenvalue weighted by atomic mass is 10.1. The van der Waals surface area contributed by atoms with Crippen molar-refractivity contribution >= 4 is 5.96 Å². The molecule has 1 aromatic carbocycles. The first-order valence-electron chi connectivity index (χ1n) is 10.0. The average Bonchev–Trinajstić information content (AvgIpc) is 3.05. The summed E-state index contributed by atoms with van der Waals surface area (Å²) in [5.41, 5.74) is 3.76. The number of aromatic nitrogens is 2. The number of unbranched alkanes of at least 4 members (excludes halogenated alkanes) is 1. The van der Waals surface area contributed by atoms with Crippen molar-refractivity contribution in [1.29, 1.82) is 0 Å².